The third-order valence-electron chi connectivity index (χ3n) is 4.89. The molecule has 2 amide bonds. The predicted octanol–water partition coefficient (Wildman–Crippen LogP) is 0.489. The first-order chi connectivity index (χ1) is 13.3. The second-order valence-corrected chi connectivity index (χ2v) is 8.84. The highest BCUT2D eigenvalue weighted by atomic mass is 32.2. The van der Waals surface area contributed by atoms with Crippen LogP contribution in [0, 0.1) is 12.8 Å². The van der Waals surface area contributed by atoms with Crippen LogP contribution in [0.15, 0.2) is 17.0 Å². The van der Waals surface area contributed by atoms with E-state index in [-0.39, 0.29) is 29.9 Å². The Kier molecular flexibility index (Phi) is 6.21. The molecular weight excluding hydrogens is 386 g/mol. The first-order valence-electron chi connectivity index (χ1n) is 9.17. The van der Waals surface area contributed by atoms with Crippen molar-refractivity contribution in [3.8, 4) is 5.75 Å². The van der Waals surface area contributed by atoms with Crippen molar-refractivity contribution in [3.05, 3.63) is 17.7 Å². The number of sulfonamides is 1. The number of fused-ring (bicyclic) bond motifs is 1. The van der Waals surface area contributed by atoms with Crippen molar-refractivity contribution in [1.82, 2.24) is 9.62 Å². The molecule has 28 heavy (non-hydrogen) atoms. The lowest BCUT2D eigenvalue weighted by molar-refractivity contribution is -0.126. The van der Waals surface area contributed by atoms with Gasteiger partial charge in [-0.3, -0.25) is 9.59 Å². The van der Waals surface area contributed by atoms with Gasteiger partial charge in [0.05, 0.1) is 23.1 Å². The van der Waals surface area contributed by atoms with E-state index in [1.165, 1.54) is 10.4 Å². The van der Waals surface area contributed by atoms with Crippen LogP contribution < -0.4 is 15.4 Å². The number of ether oxygens (including phenoxy) is 2. The van der Waals surface area contributed by atoms with Gasteiger partial charge in [-0.15, -0.1) is 0 Å². The Morgan fingerprint density at radius 2 is 2.21 bits per heavy atom. The average molecular weight is 411 g/mol. The van der Waals surface area contributed by atoms with Gasteiger partial charge in [0.25, 0.3) is 5.91 Å². The van der Waals surface area contributed by atoms with Crippen molar-refractivity contribution in [3.63, 3.8) is 0 Å². The maximum Gasteiger partial charge on any atom is 0.262 e. The smallest absolute Gasteiger partial charge is 0.262 e. The van der Waals surface area contributed by atoms with Crippen LogP contribution in [-0.4, -0.2) is 64.5 Å². The van der Waals surface area contributed by atoms with Gasteiger partial charge in [0.1, 0.15) is 5.75 Å². The number of carbonyl (C=O) groups excluding carboxylic acids is 2. The van der Waals surface area contributed by atoms with E-state index in [0.717, 1.165) is 0 Å². The Bertz CT molecular complexity index is 870. The van der Waals surface area contributed by atoms with Crippen LogP contribution in [0.2, 0.25) is 0 Å². The number of hydrogen-bond donors (Lipinski definition) is 2. The van der Waals surface area contributed by atoms with Crippen LogP contribution in [-0.2, 0) is 24.3 Å². The monoisotopic (exact) mass is 411 g/mol. The van der Waals surface area contributed by atoms with Crippen molar-refractivity contribution in [1.29, 1.82) is 0 Å². The zero-order chi connectivity index (χ0) is 20.3. The van der Waals surface area contributed by atoms with E-state index in [4.69, 9.17) is 9.47 Å². The molecule has 2 heterocycles. The van der Waals surface area contributed by atoms with Gasteiger partial charge >= 0.3 is 0 Å². The molecular formula is C18H25N3O6S. The van der Waals surface area contributed by atoms with Crippen LogP contribution in [0.25, 0.3) is 0 Å². The zero-order valence-corrected chi connectivity index (χ0v) is 16.8. The Hall–Kier alpha value is -2.17. The van der Waals surface area contributed by atoms with E-state index in [1.807, 2.05) is 0 Å². The first-order valence-corrected chi connectivity index (χ1v) is 10.6. The van der Waals surface area contributed by atoms with E-state index in [2.05, 4.69) is 10.6 Å². The standard InChI is InChI=1S/C18H25N3O6S/c1-12-8-14-15(27-11-17(22)20-14)9-16(12)28(24,25)21-6-3-4-13(10-21)18(23)19-5-7-26-2/h8-9,13H,3-7,10-11H2,1-2H3,(H,19,23)(H,20,22)/t13-/m0/s1. The number of amides is 2. The fourth-order valence-corrected chi connectivity index (χ4v) is 5.17. The molecule has 0 unspecified atom stereocenters. The Balaban J connectivity index is 1.79. The Labute approximate surface area is 164 Å². The number of rotatable bonds is 6. The summed E-state index contributed by atoms with van der Waals surface area (Å²) in [6.07, 6.45) is 1.25. The minimum Gasteiger partial charge on any atom is -0.482 e. The highest BCUT2D eigenvalue weighted by molar-refractivity contribution is 7.89. The van der Waals surface area contributed by atoms with Gasteiger partial charge in [-0.2, -0.15) is 4.31 Å². The number of aryl methyl sites for hydroxylation is 1. The third-order valence-corrected chi connectivity index (χ3v) is 6.90. The minimum absolute atomic E-state index is 0.128. The summed E-state index contributed by atoms with van der Waals surface area (Å²) in [7, 11) is -2.24. The summed E-state index contributed by atoms with van der Waals surface area (Å²) in [5, 5.41) is 5.45. The molecule has 1 aromatic carbocycles. The molecule has 2 N–H and O–H groups in total. The molecule has 0 bridgehead atoms. The number of anilines is 1. The number of benzene rings is 1. The molecule has 0 aliphatic carbocycles. The van der Waals surface area contributed by atoms with Gasteiger partial charge < -0.3 is 20.1 Å². The highest BCUT2D eigenvalue weighted by Gasteiger charge is 2.35. The molecule has 0 aromatic heterocycles. The zero-order valence-electron chi connectivity index (χ0n) is 16.0. The van der Waals surface area contributed by atoms with Crippen LogP contribution >= 0.6 is 0 Å². The molecule has 1 fully saturated rings. The molecule has 3 rings (SSSR count). The van der Waals surface area contributed by atoms with Crippen LogP contribution in [0.4, 0.5) is 5.69 Å². The van der Waals surface area contributed by atoms with Crippen molar-refractivity contribution in [2.24, 2.45) is 5.92 Å². The maximum absolute atomic E-state index is 13.2. The lowest BCUT2D eigenvalue weighted by Crippen LogP contribution is -2.46. The number of piperidine rings is 1. The molecule has 1 aromatic rings. The van der Waals surface area contributed by atoms with E-state index in [9.17, 15) is 18.0 Å². The lowest BCUT2D eigenvalue weighted by Gasteiger charge is -2.32. The van der Waals surface area contributed by atoms with Crippen molar-refractivity contribution >= 4 is 27.5 Å². The number of methoxy groups -OCH3 is 1. The fraction of sp³-hybridized carbons (Fsp3) is 0.556. The van der Waals surface area contributed by atoms with Crippen molar-refractivity contribution in [2.75, 3.05) is 45.3 Å². The Morgan fingerprint density at radius 1 is 1.43 bits per heavy atom. The molecule has 0 spiro atoms. The predicted molar refractivity (Wildman–Crippen MR) is 102 cm³/mol. The molecule has 2 aliphatic rings. The van der Waals surface area contributed by atoms with Gasteiger partial charge in [0.15, 0.2) is 6.61 Å². The van der Waals surface area contributed by atoms with Gasteiger partial charge in [-0.25, -0.2) is 8.42 Å². The quantitative estimate of drug-likeness (QED) is 0.659. The summed E-state index contributed by atoms with van der Waals surface area (Å²) in [6.45, 7) is 2.82. The number of hydrogen-bond acceptors (Lipinski definition) is 6. The normalized spacial score (nSPS) is 20.1. The Morgan fingerprint density at radius 3 is 2.96 bits per heavy atom. The average Bonchev–Trinajstić information content (AvgIpc) is 2.67. The van der Waals surface area contributed by atoms with Crippen molar-refractivity contribution in [2.45, 2.75) is 24.7 Å². The molecule has 2 aliphatic heterocycles. The molecule has 9 nitrogen and oxygen atoms in total. The summed E-state index contributed by atoms with van der Waals surface area (Å²) in [6, 6.07) is 3.04. The summed E-state index contributed by atoms with van der Waals surface area (Å²) in [4.78, 5) is 23.9. The number of nitrogens with zero attached hydrogens (tertiary/aromatic N) is 1. The van der Waals surface area contributed by atoms with E-state index >= 15 is 0 Å². The van der Waals surface area contributed by atoms with Crippen LogP contribution in [0.1, 0.15) is 18.4 Å². The summed E-state index contributed by atoms with van der Waals surface area (Å²) in [5.41, 5.74) is 0.970. The molecule has 154 valence electrons. The van der Waals surface area contributed by atoms with Crippen LogP contribution in [0.5, 0.6) is 5.75 Å². The van der Waals surface area contributed by atoms with E-state index in [1.54, 1.807) is 20.1 Å². The second-order valence-electron chi connectivity index (χ2n) is 6.94. The van der Waals surface area contributed by atoms with Crippen molar-refractivity contribution < 1.29 is 27.5 Å². The van der Waals surface area contributed by atoms with E-state index < -0.39 is 15.9 Å². The first kappa shape index (κ1) is 20.6. The lowest BCUT2D eigenvalue weighted by atomic mass is 9.99. The van der Waals surface area contributed by atoms with Gasteiger partial charge in [0, 0.05) is 32.8 Å². The van der Waals surface area contributed by atoms with Gasteiger partial charge in [-0.05, 0) is 31.4 Å². The number of carbonyl (C=O) groups is 2. The van der Waals surface area contributed by atoms with Gasteiger partial charge in [0.2, 0.25) is 15.9 Å². The highest BCUT2D eigenvalue weighted by Crippen LogP contribution is 2.35. The molecule has 1 atom stereocenters. The molecule has 10 heteroatoms. The number of nitrogens with one attached hydrogen (secondary N) is 2. The molecule has 0 radical (unpaired) electrons. The molecule has 0 saturated carbocycles. The topological polar surface area (TPSA) is 114 Å². The largest absolute Gasteiger partial charge is 0.482 e. The molecule has 1 saturated heterocycles. The minimum atomic E-state index is -3.80. The summed E-state index contributed by atoms with van der Waals surface area (Å²) >= 11 is 0. The third kappa shape index (κ3) is 4.29. The summed E-state index contributed by atoms with van der Waals surface area (Å²) in [5.74, 6) is -0.505. The summed E-state index contributed by atoms with van der Waals surface area (Å²) < 4.78 is 38.1. The SMILES string of the molecule is COCCNC(=O)[C@H]1CCCN(S(=O)(=O)c2cc3c(cc2C)NC(=O)CO3)C1. The fourth-order valence-electron chi connectivity index (χ4n) is 3.43. The van der Waals surface area contributed by atoms with Crippen LogP contribution in [0.3, 0.4) is 0 Å². The van der Waals surface area contributed by atoms with E-state index in [0.29, 0.717) is 49.5 Å². The second kappa shape index (κ2) is 8.46. The maximum atomic E-state index is 13.2. The van der Waals surface area contributed by atoms with Gasteiger partial charge in [-0.1, -0.05) is 0 Å².